The lowest BCUT2D eigenvalue weighted by atomic mass is 10.0. The standard InChI is InChI=1S/C53H77FN14O15S3/c54-34-15-13-33(14-16-34)26-61-83-28-44(72)57-17-5-4-10-36-48(77)66-39(29-84)51(80)64-35(11-6-18-59-53(55)56)46(75)60-27-43(71)63-38(25-45(73)74)50(79)67-40(30-85)52(81)65-37(24-32-8-2-1-3-9-32)49(78)68-41(31-86-23-7-12-42(70)62-36)47(76)58-19-21-82-22-20-69/h1-3,8-9,13-16,26,35-41,69,84-85H,4-7,10-12,17-25,27-31H2,(H,57,72)(H,58,76)(H,60,75)(H,62,70)(H,63,71)(H,64,80)(H,65,81)(H,66,77)(H,67,79)(H,68,78)(H,73,74)(H4,55,56,59)/b61-26+/t35-,36-,37-,38-,39-,40-,41-/m0/s1. The Morgan fingerprint density at radius 2 is 1.30 bits per heavy atom. The van der Waals surface area contributed by atoms with E-state index in [9.17, 15) is 62.2 Å². The molecule has 0 spiro atoms. The van der Waals surface area contributed by atoms with Gasteiger partial charge in [-0.15, -0.1) is 0 Å². The van der Waals surface area contributed by atoms with E-state index >= 15 is 0 Å². The summed E-state index contributed by atoms with van der Waals surface area (Å²) in [5.41, 5.74) is 6.51. The first kappa shape index (κ1) is 72.5. The molecule has 0 aliphatic carbocycles. The van der Waals surface area contributed by atoms with Crippen molar-refractivity contribution in [3.63, 3.8) is 0 Å². The Morgan fingerprint density at radius 3 is 1.95 bits per heavy atom. The Morgan fingerprint density at radius 1 is 0.709 bits per heavy atom. The van der Waals surface area contributed by atoms with Gasteiger partial charge in [-0.25, -0.2) is 4.39 Å². The summed E-state index contributed by atoms with van der Waals surface area (Å²) in [6.45, 7) is -1.40. The van der Waals surface area contributed by atoms with E-state index in [2.05, 4.69) is 88.9 Å². The third-order valence-electron chi connectivity index (χ3n) is 12.2. The zero-order valence-electron chi connectivity index (χ0n) is 47.1. The molecule has 0 radical (unpaired) electrons. The molecule has 0 bridgehead atoms. The number of rotatable bonds is 25. The molecule has 2 aromatic rings. The quantitative estimate of drug-likeness (QED) is 0.0151. The zero-order chi connectivity index (χ0) is 63.2. The van der Waals surface area contributed by atoms with Crippen molar-refractivity contribution in [3.8, 4) is 0 Å². The molecular formula is C53H77FN14O15S3. The maximum atomic E-state index is 14.2. The first-order valence-electron chi connectivity index (χ1n) is 27.4. The van der Waals surface area contributed by atoms with Crippen molar-refractivity contribution in [2.45, 2.75) is 100 Å². The number of carbonyl (C=O) groups excluding carboxylic acids is 10. The van der Waals surface area contributed by atoms with E-state index in [0.717, 1.165) is 0 Å². The molecule has 3 rings (SSSR count). The Labute approximate surface area is 511 Å². The third kappa shape index (κ3) is 29.9. The van der Waals surface area contributed by atoms with E-state index in [1.165, 1.54) is 42.2 Å². The number of aliphatic hydroxyl groups excluding tert-OH is 1. The summed E-state index contributed by atoms with van der Waals surface area (Å²) >= 11 is 9.66. The number of carboxylic acid groups (broad SMARTS) is 1. The topological polar surface area (TPSA) is 441 Å². The van der Waals surface area contributed by atoms with E-state index in [0.29, 0.717) is 17.5 Å². The van der Waals surface area contributed by atoms with E-state index in [1.807, 2.05) is 0 Å². The number of halogens is 1. The summed E-state index contributed by atoms with van der Waals surface area (Å²) in [5.74, 6) is -11.4. The molecular weight excluding hydrogens is 1190 g/mol. The van der Waals surface area contributed by atoms with Gasteiger partial charge in [-0.2, -0.15) is 37.0 Å². The molecule has 474 valence electrons. The maximum Gasteiger partial charge on any atom is 0.305 e. The Bertz CT molecular complexity index is 2600. The highest BCUT2D eigenvalue weighted by atomic mass is 32.2. The summed E-state index contributed by atoms with van der Waals surface area (Å²) in [6, 6.07) is 3.72. The molecule has 2 aromatic carbocycles. The summed E-state index contributed by atoms with van der Waals surface area (Å²) in [5, 5.41) is 57.8. The lowest BCUT2D eigenvalue weighted by Gasteiger charge is -2.26. The van der Waals surface area contributed by atoms with Gasteiger partial charge in [-0.05, 0) is 67.5 Å². The molecule has 10 amide bonds. The number of thiol groups is 2. The number of guanidine groups is 1. The van der Waals surface area contributed by atoms with Crippen LogP contribution in [-0.2, 0) is 68.7 Å². The van der Waals surface area contributed by atoms with Crippen molar-refractivity contribution in [3.05, 3.63) is 71.5 Å². The maximum absolute atomic E-state index is 14.2. The van der Waals surface area contributed by atoms with Gasteiger partial charge in [0.05, 0.1) is 39.0 Å². The molecule has 1 saturated heterocycles. The van der Waals surface area contributed by atoms with Crippen LogP contribution in [0.25, 0.3) is 0 Å². The second kappa shape index (κ2) is 41.3. The molecule has 1 heterocycles. The fourth-order valence-corrected chi connectivity index (χ4v) is 9.31. The smallest absolute Gasteiger partial charge is 0.305 e. The second-order valence-electron chi connectivity index (χ2n) is 19.1. The van der Waals surface area contributed by atoms with E-state index in [-0.39, 0.29) is 108 Å². The second-order valence-corrected chi connectivity index (χ2v) is 21.0. The number of benzene rings is 2. The predicted octanol–water partition coefficient (Wildman–Crippen LogP) is -3.54. The van der Waals surface area contributed by atoms with Crippen LogP contribution < -0.4 is 64.2 Å². The predicted molar refractivity (Wildman–Crippen MR) is 320 cm³/mol. The number of ether oxygens (including phenoxy) is 1. The number of hydrogen-bond donors (Lipinski definition) is 17. The number of carboxylic acids is 1. The summed E-state index contributed by atoms with van der Waals surface area (Å²) in [4.78, 5) is 153. The van der Waals surface area contributed by atoms with Crippen molar-refractivity contribution >= 4 is 114 Å². The molecule has 0 saturated carbocycles. The summed E-state index contributed by atoms with van der Waals surface area (Å²) < 4.78 is 18.5. The van der Waals surface area contributed by atoms with Crippen LogP contribution in [0.1, 0.15) is 62.5 Å². The minimum atomic E-state index is -1.84. The number of oxime groups is 1. The van der Waals surface area contributed by atoms with E-state index in [1.54, 1.807) is 30.3 Å². The van der Waals surface area contributed by atoms with Crippen LogP contribution in [0.3, 0.4) is 0 Å². The van der Waals surface area contributed by atoms with Gasteiger partial charge in [0.1, 0.15) is 48.1 Å². The van der Waals surface area contributed by atoms with Gasteiger partial charge in [-0.1, -0.05) is 47.6 Å². The van der Waals surface area contributed by atoms with Crippen LogP contribution >= 0.6 is 37.0 Å². The number of aliphatic hydroxyl groups is 1. The number of nitrogens with one attached hydrogen (secondary N) is 12. The molecule has 1 aliphatic rings. The number of nitrogens with two attached hydrogens (primary N) is 1. The van der Waals surface area contributed by atoms with Crippen molar-refractivity contribution in [1.29, 1.82) is 5.41 Å². The van der Waals surface area contributed by atoms with Crippen LogP contribution in [0.2, 0.25) is 0 Å². The molecule has 0 aromatic heterocycles. The molecule has 7 atom stereocenters. The van der Waals surface area contributed by atoms with Crippen molar-refractivity contribution in [2.75, 3.05) is 75.6 Å². The minimum absolute atomic E-state index is 0.00153. The van der Waals surface area contributed by atoms with E-state index in [4.69, 9.17) is 25.8 Å². The number of aliphatic carboxylic acids is 1. The number of thioether (sulfide) groups is 1. The lowest BCUT2D eigenvalue weighted by molar-refractivity contribution is -0.141. The SMILES string of the molecule is N=C(N)NCCC[C@@H]1NC(=O)[C@H](CS)NC(=O)[C@H](CCCCNC(=O)CO/N=C/c2ccc(F)cc2)NC(=O)CCCSC[C@@H](C(=O)NCCOCCO)NC(=O)[C@H](Cc2ccccc2)NC(=O)[C@H](CS)NC(=O)[C@H](CC(=O)O)NC(=O)CNC1=O. The van der Waals surface area contributed by atoms with Crippen molar-refractivity contribution < 1.29 is 76.9 Å². The van der Waals surface area contributed by atoms with Gasteiger partial charge in [0, 0.05) is 49.7 Å². The average molecular weight is 1270 g/mol. The first-order valence-corrected chi connectivity index (χ1v) is 29.8. The molecule has 0 unspecified atom stereocenters. The van der Waals surface area contributed by atoms with Gasteiger partial charge >= 0.3 is 5.97 Å². The highest BCUT2D eigenvalue weighted by Crippen LogP contribution is 2.12. The fourth-order valence-electron chi connectivity index (χ4n) is 7.81. The van der Waals surface area contributed by atoms with Crippen LogP contribution in [0, 0.1) is 11.2 Å². The molecule has 16 N–H and O–H groups in total. The van der Waals surface area contributed by atoms with Gasteiger partial charge in [0.25, 0.3) is 5.91 Å². The number of nitrogens with zero attached hydrogens (tertiary/aromatic N) is 1. The average Bonchev–Trinajstić information content (AvgIpc) is 3.68. The molecule has 33 heteroatoms. The highest BCUT2D eigenvalue weighted by molar-refractivity contribution is 7.99. The molecule has 1 fully saturated rings. The van der Waals surface area contributed by atoms with Crippen LogP contribution in [0.5, 0.6) is 0 Å². The fraction of sp³-hybridized carbons (Fsp3) is 0.528. The summed E-state index contributed by atoms with van der Waals surface area (Å²) in [6.07, 6.45) is 0.742. The number of carbonyl (C=O) groups is 11. The van der Waals surface area contributed by atoms with E-state index < -0.39 is 138 Å². The Balaban J connectivity index is 1.94. The number of amides is 10. The minimum Gasteiger partial charge on any atom is -0.481 e. The summed E-state index contributed by atoms with van der Waals surface area (Å²) in [7, 11) is 0. The molecule has 29 nitrogen and oxygen atoms in total. The first-order chi connectivity index (χ1) is 41.2. The van der Waals surface area contributed by atoms with Gasteiger partial charge in [0.2, 0.25) is 53.2 Å². The van der Waals surface area contributed by atoms with Crippen LogP contribution in [0.15, 0.2) is 59.8 Å². The van der Waals surface area contributed by atoms with Crippen LogP contribution in [-0.4, -0.2) is 205 Å². The normalized spacial score (nSPS) is 21.2. The largest absolute Gasteiger partial charge is 0.481 e. The Hall–Kier alpha value is -7.75. The van der Waals surface area contributed by atoms with Crippen LogP contribution in [0.4, 0.5) is 4.39 Å². The van der Waals surface area contributed by atoms with Gasteiger partial charge in [-0.3, -0.25) is 58.1 Å². The number of unbranched alkanes of at least 4 members (excludes halogenated alkanes) is 1. The molecule has 86 heavy (non-hydrogen) atoms. The highest BCUT2D eigenvalue weighted by Gasteiger charge is 2.34. The monoisotopic (exact) mass is 1260 g/mol. The Kier molecular flexibility index (Phi) is 34.8. The number of hydrogen-bond acceptors (Lipinski definition) is 19. The zero-order valence-corrected chi connectivity index (χ0v) is 49.7. The van der Waals surface area contributed by atoms with Crippen molar-refractivity contribution in [1.82, 2.24) is 58.5 Å². The molecule has 1 aliphatic heterocycles. The lowest BCUT2D eigenvalue weighted by Crippen LogP contribution is -2.60. The van der Waals surface area contributed by atoms with Gasteiger partial charge in [0.15, 0.2) is 12.6 Å². The van der Waals surface area contributed by atoms with Gasteiger partial charge < -0.3 is 84.0 Å². The third-order valence-corrected chi connectivity index (χ3v) is 14.1. The van der Waals surface area contributed by atoms with Crippen molar-refractivity contribution in [2.24, 2.45) is 10.9 Å².